The van der Waals surface area contributed by atoms with Gasteiger partial charge in [-0.2, -0.15) is 0 Å². The minimum atomic E-state index is 0.356. The van der Waals surface area contributed by atoms with Crippen molar-refractivity contribution in [3.05, 3.63) is 35.9 Å². The van der Waals surface area contributed by atoms with Crippen LogP contribution in [0, 0.1) is 11.8 Å². The predicted molar refractivity (Wildman–Crippen MR) is 78.5 cm³/mol. The van der Waals surface area contributed by atoms with Crippen molar-refractivity contribution in [1.82, 2.24) is 0 Å². The molecule has 0 aliphatic heterocycles. The van der Waals surface area contributed by atoms with E-state index in [1.807, 2.05) is 0 Å². The Morgan fingerprint density at radius 2 is 1.78 bits per heavy atom. The monoisotopic (exact) mass is 245 g/mol. The molecule has 1 fully saturated rings. The van der Waals surface area contributed by atoms with Gasteiger partial charge in [-0.1, -0.05) is 62.9 Å². The first-order chi connectivity index (χ1) is 8.79. The zero-order chi connectivity index (χ0) is 12.8. The van der Waals surface area contributed by atoms with Gasteiger partial charge in [0.05, 0.1) is 0 Å². The highest BCUT2D eigenvalue weighted by atomic mass is 14.6. The Balaban J connectivity index is 1.79. The maximum atomic E-state index is 6.40. The number of hydrogen-bond acceptors (Lipinski definition) is 1. The summed E-state index contributed by atoms with van der Waals surface area (Å²) >= 11 is 0. The van der Waals surface area contributed by atoms with Gasteiger partial charge >= 0.3 is 0 Å². The van der Waals surface area contributed by atoms with E-state index in [9.17, 15) is 0 Å². The van der Waals surface area contributed by atoms with E-state index in [0.717, 1.165) is 18.3 Å². The molecule has 1 nitrogen and oxygen atoms in total. The van der Waals surface area contributed by atoms with Crippen LogP contribution in [0.1, 0.15) is 51.0 Å². The van der Waals surface area contributed by atoms with Crippen LogP contribution >= 0.6 is 0 Å². The van der Waals surface area contributed by atoms with E-state index in [1.54, 1.807) is 0 Å². The Hall–Kier alpha value is -0.820. The van der Waals surface area contributed by atoms with Crippen LogP contribution in [0.2, 0.25) is 0 Å². The molecule has 18 heavy (non-hydrogen) atoms. The average Bonchev–Trinajstić information content (AvgIpc) is 2.41. The van der Waals surface area contributed by atoms with Crippen LogP contribution in [0.5, 0.6) is 0 Å². The zero-order valence-electron chi connectivity index (χ0n) is 11.6. The number of rotatable bonds is 5. The molecule has 0 amide bonds. The van der Waals surface area contributed by atoms with Gasteiger partial charge in [-0.05, 0) is 36.7 Å². The molecule has 1 saturated carbocycles. The van der Waals surface area contributed by atoms with Crippen LogP contribution in [-0.4, -0.2) is 6.04 Å². The second kappa shape index (κ2) is 6.94. The third-order valence-corrected chi connectivity index (χ3v) is 4.51. The molecule has 1 unspecified atom stereocenters. The van der Waals surface area contributed by atoms with E-state index < -0.39 is 0 Å². The third kappa shape index (κ3) is 3.84. The molecular weight excluding hydrogens is 218 g/mol. The van der Waals surface area contributed by atoms with Gasteiger partial charge in [-0.25, -0.2) is 0 Å². The SMILES string of the molecule is CCCC1CCC(C(N)Cc2ccccc2)CC1. The smallest absolute Gasteiger partial charge is 0.0108 e. The lowest BCUT2D eigenvalue weighted by atomic mass is 9.76. The van der Waals surface area contributed by atoms with Crippen molar-refractivity contribution in [3.63, 3.8) is 0 Å². The Morgan fingerprint density at radius 3 is 2.39 bits per heavy atom. The van der Waals surface area contributed by atoms with E-state index in [4.69, 9.17) is 5.73 Å². The molecule has 1 heteroatoms. The summed E-state index contributed by atoms with van der Waals surface area (Å²) in [6, 6.07) is 11.0. The highest BCUT2D eigenvalue weighted by Gasteiger charge is 2.25. The van der Waals surface area contributed by atoms with Gasteiger partial charge in [0.15, 0.2) is 0 Å². The predicted octanol–water partition coefficient (Wildman–Crippen LogP) is 4.16. The van der Waals surface area contributed by atoms with E-state index in [-0.39, 0.29) is 0 Å². The molecule has 1 aromatic carbocycles. The largest absolute Gasteiger partial charge is 0.327 e. The van der Waals surface area contributed by atoms with E-state index >= 15 is 0 Å². The fraction of sp³-hybridized carbons (Fsp3) is 0.647. The molecule has 2 rings (SSSR count). The summed E-state index contributed by atoms with van der Waals surface area (Å²) in [5, 5.41) is 0. The summed E-state index contributed by atoms with van der Waals surface area (Å²) in [4.78, 5) is 0. The van der Waals surface area contributed by atoms with Crippen molar-refractivity contribution in [2.45, 2.75) is 57.9 Å². The summed E-state index contributed by atoms with van der Waals surface area (Å²) in [6.07, 6.45) is 9.30. The van der Waals surface area contributed by atoms with Crippen molar-refractivity contribution in [2.24, 2.45) is 17.6 Å². The molecule has 2 N–H and O–H groups in total. The van der Waals surface area contributed by atoms with Crippen molar-refractivity contribution in [2.75, 3.05) is 0 Å². The molecule has 1 atom stereocenters. The highest BCUT2D eigenvalue weighted by Crippen LogP contribution is 2.33. The summed E-state index contributed by atoms with van der Waals surface area (Å²) in [6.45, 7) is 2.30. The molecule has 100 valence electrons. The van der Waals surface area contributed by atoms with Gasteiger partial charge in [0.25, 0.3) is 0 Å². The third-order valence-electron chi connectivity index (χ3n) is 4.51. The first-order valence-corrected chi connectivity index (χ1v) is 7.59. The second-order valence-electron chi connectivity index (χ2n) is 5.92. The van der Waals surface area contributed by atoms with Crippen molar-refractivity contribution in [3.8, 4) is 0 Å². The van der Waals surface area contributed by atoms with Crippen LogP contribution in [-0.2, 0) is 6.42 Å². The molecule has 1 aromatic rings. The van der Waals surface area contributed by atoms with E-state index in [1.165, 1.54) is 44.1 Å². The number of benzene rings is 1. The highest BCUT2D eigenvalue weighted by molar-refractivity contribution is 5.16. The van der Waals surface area contributed by atoms with Gasteiger partial charge in [-0.15, -0.1) is 0 Å². The lowest BCUT2D eigenvalue weighted by molar-refractivity contribution is 0.232. The maximum Gasteiger partial charge on any atom is 0.0108 e. The minimum absolute atomic E-state index is 0.356. The second-order valence-corrected chi connectivity index (χ2v) is 5.92. The van der Waals surface area contributed by atoms with Gasteiger partial charge in [0.2, 0.25) is 0 Å². The lowest BCUT2D eigenvalue weighted by Gasteiger charge is -2.32. The molecule has 1 aliphatic carbocycles. The Labute approximate surface area is 112 Å². The molecular formula is C17H27N. The van der Waals surface area contributed by atoms with E-state index in [0.29, 0.717) is 6.04 Å². The minimum Gasteiger partial charge on any atom is -0.327 e. The van der Waals surface area contributed by atoms with Crippen molar-refractivity contribution in [1.29, 1.82) is 0 Å². The van der Waals surface area contributed by atoms with Gasteiger partial charge < -0.3 is 5.73 Å². The molecule has 0 aromatic heterocycles. The van der Waals surface area contributed by atoms with Crippen molar-refractivity contribution < 1.29 is 0 Å². The average molecular weight is 245 g/mol. The van der Waals surface area contributed by atoms with Crippen LogP contribution < -0.4 is 5.73 Å². The maximum absolute atomic E-state index is 6.40. The summed E-state index contributed by atoms with van der Waals surface area (Å²) in [5.74, 6) is 1.73. The Bertz CT molecular complexity index is 325. The van der Waals surface area contributed by atoms with Crippen LogP contribution in [0.15, 0.2) is 30.3 Å². The molecule has 0 spiro atoms. The summed E-state index contributed by atoms with van der Waals surface area (Å²) in [5.41, 5.74) is 7.79. The fourth-order valence-corrected chi connectivity index (χ4v) is 3.37. The first-order valence-electron chi connectivity index (χ1n) is 7.59. The van der Waals surface area contributed by atoms with Crippen LogP contribution in [0.25, 0.3) is 0 Å². The topological polar surface area (TPSA) is 26.0 Å². The molecule has 0 radical (unpaired) electrons. The quantitative estimate of drug-likeness (QED) is 0.828. The van der Waals surface area contributed by atoms with Gasteiger partial charge in [0.1, 0.15) is 0 Å². The fourth-order valence-electron chi connectivity index (χ4n) is 3.37. The standard InChI is InChI=1S/C17H27N/c1-2-6-14-9-11-16(12-10-14)17(18)13-15-7-4-3-5-8-15/h3-5,7-8,14,16-17H,2,6,9-13,18H2,1H3. The molecule has 0 bridgehead atoms. The molecule has 0 saturated heterocycles. The Morgan fingerprint density at radius 1 is 1.11 bits per heavy atom. The van der Waals surface area contributed by atoms with Crippen LogP contribution in [0.4, 0.5) is 0 Å². The lowest BCUT2D eigenvalue weighted by Crippen LogP contribution is -2.34. The summed E-state index contributed by atoms with van der Waals surface area (Å²) in [7, 11) is 0. The van der Waals surface area contributed by atoms with Crippen molar-refractivity contribution >= 4 is 0 Å². The van der Waals surface area contributed by atoms with Crippen LogP contribution in [0.3, 0.4) is 0 Å². The van der Waals surface area contributed by atoms with Gasteiger partial charge in [0, 0.05) is 6.04 Å². The molecule has 0 heterocycles. The number of nitrogens with two attached hydrogens (primary N) is 1. The summed E-state index contributed by atoms with van der Waals surface area (Å²) < 4.78 is 0. The first kappa shape index (κ1) is 13.6. The normalized spacial score (nSPS) is 25.9. The molecule has 1 aliphatic rings. The van der Waals surface area contributed by atoms with E-state index in [2.05, 4.69) is 37.3 Å². The zero-order valence-corrected chi connectivity index (χ0v) is 11.6. The number of hydrogen-bond donors (Lipinski definition) is 1. The Kier molecular flexibility index (Phi) is 5.25. The van der Waals surface area contributed by atoms with Gasteiger partial charge in [-0.3, -0.25) is 0 Å².